The van der Waals surface area contributed by atoms with Gasteiger partial charge < -0.3 is 14.7 Å². The second-order valence-corrected chi connectivity index (χ2v) is 6.50. The fourth-order valence-corrected chi connectivity index (χ4v) is 3.23. The lowest BCUT2D eigenvalue weighted by atomic mass is 10.2. The molecule has 148 valence electrons. The Labute approximate surface area is 162 Å². The van der Waals surface area contributed by atoms with E-state index in [0.717, 1.165) is 5.69 Å². The van der Waals surface area contributed by atoms with Gasteiger partial charge >= 0.3 is 5.97 Å². The van der Waals surface area contributed by atoms with Crippen molar-refractivity contribution in [1.29, 1.82) is 0 Å². The zero-order valence-electron chi connectivity index (χ0n) is 15.3. The predicted octanol–water partition coefficient (Wildman–Crippen LogP) is 1.73. The Kier molecular flexibility index (Phi) is 6.38. The quantitative estimate of drug-likeness (QED) is 0.540. The number of piperazine rings is 1. The smallest absolute Gasteiger partial charge is 0.344 e. The molecule has 9 heteroatoms. The van der Waals surface area contributed by atoms with Crippen LogP contribution in [0.3, 0.4) is 0 Å². The number of rotatable bonds is 8. The van der Waals surface area contributed by atoms with Crippen molar-refractivity contribution in [2.24, 2.45) is 0 Å². The van der Waals surface area contributed by atoms with E-state index in [2.05, 4.69) is 4.98 Å². The van der Waals surface area contributed by atoms with Crippen LogP contribution in [0.5, 0.6) is 5.75 Å². The van der Waals surface area contributed by atoms with Gasteiger partial charge in [0.1, 0.15) is 12.3 Å². The molecule has 9 nitrogen and oxygen atoms in total. The van der Waals surface area contributed by atoms with Crippen molar-refractivity contribution in [3.8, 4) is 5.75 Å². The van der Waals surface area contributed by atoms with E-state index in [1.165, 1.54) is 0 Å². The van der Waals surface area contributed by atoms with E-state index >= 15 is 0 Å². The second kappa shape index (κ2) is 9.14. The number of para-hydroxylation sites is 1. The van der Waals surface area contributed by atoms with Crippen molar-refractivity contribution in [2.75, 3.05) is 31.1 Å². The van der Waals surface area contributed by atoms with E-state index in [4.69, 9.17) is 4.74 Å². The van der Waals surface area contributed by atoms with Gasteiger partial charge in [-0.2, -0.15) is 0 Å². The maximum Gasteiger partial charge on any atom is 0.344 e. The zero-order valence-corrected chi connectivity index (χ0v) is 15.3. The van der Waals surface area contributed by atoms with E-state index in [-0.39, 0.29) is 24.4 Å². The molecule has 1 aromatic carbocycles. The number of carboxylic acids is 1. The summed E-state index contributed by atoms with van der Waals surface area (Å²) in [7, 11) is 0. The van der Waals surface area contributed by atoms with Crippen molar-refractivity contribution >= 4 is 11.7 Å². The fourth-order valence-electron chi connectivity index (χ4n) is 3.23. The molecule has 0 amide bonds. The maximum atomic E-state index is 11.6. The number of aliphatic carboxylic acids is 1. The lowest BCUT2D eigenvalue weighted by molar-refractivity contribution is -0.549. The molecule has 2 aromatic rings. The van der Waals surface area contributed by atoms with Crippen molar-refractivity contribution in [1.82, 2.24) is 9.88 Å². The number of aromatic nitrogens is 1. The minimum Gasteiger partial charge on any atom is -0.479 e. The van der Waals surface area contributed by atoms with Crippen LogP contribution >= 0.6 is 0 Å². The van der Waals surface area contributed by atoms with Crippen molar-refractivity contribution in [2.45, 2.75) is 18.7 Å². The van der Waals surface area contributed by atoms with Crippen LogP contribution in [-0.2, 0) is 4.79 Å². The van der Waals surface area contributed by atoms with Gasteiger partial charge in [-0.05, 0) is 24.3 Å². The summed E-state index contributed by atoms with van der Waals surface area (Å²) in [6, 6.07) is 12.3. The predicted molar refractivity (Wildman–Crippen MR) is 102 cm³/mol. The third kappa shape index (κ3) is 4.95. The number of anilines is 1. The number of pyridine rings is 1. The highest BCUT2D eigenvalue weighted by atomic mass is 16.6. The maximum absolute atomic E-state index is 11.6. The molecule has 3 rings (SSSR count). The number of hydrogen-bond donors (Lipinski definition) is 1. The SMILES string of the molecule is O=C(O)C(CCN1CCN(c2ccncc2)CC1[N+](=O)[O-])Oc1ccccc1. The van der Waals surface area contributed by atoms with Gasteiger partial charge in [-0.25, -0.2) is 9.69 Å². The van der Waals surface area contributed by atoms with Crippen LogP contribution in [0.4, 0.5) is 5.69 Å². The normalized spacial score (nSPS) is 18.4. The molecule has 1 aromatic heterocycles. The lowest BCUT2D eigenvalue weighted by Crippen LogP contribution is -2.57. The summed E-state index contributed by atoms with van der Waals surface area (Å²) in [6.07, 6.45) is 1.49. The summed E-state index contributed by atoms with van der Waals surface area (Å²) in [5.74, 6) is -0.625. The molecular formula is C19H22N4O5. The molecule has 2 atom stereocenters. The third-order valence-electron chi connectivity index (χ3n) is 4.71. The summed E-state index contributed by atoms with van der Waals surface area (Å²) in [5, 5.41) is 21.0. The monoisotopic (exact) mass is 386 g/mol. The first-order chi connectivity index (χ1) is 13.5. The van der Waals surface area contributed by atoms with Crippen LogP contribution in [0.1, 0.15) is 6.42 Å². The van der Waals surface area contributed by atoms with E-state index in [1.54, 1.807) is 41.6 Å². The average Bonchev–Trinajstić information content (AvgIpc) is 2.72. The fraction of sp³-hybridized carbons (Fsp3) is 0.368. The molecule has 1 fully saturated rings. The molecule has 2 heterocycles. The molecule has 1 saturated heterocycles. The van der Waals surface area contributed by atoms with Crippen molar-refractivity contribution < 1.29 is 19.6 Å². The first-order valence-corrected chi connectivity index (χ1v) is 9.01. The summed E-state index contributed by atoms with van der Waals surface area (Å²) >= 11 is 0. The molecule has 1 N–H and O–H groups in total. The van der Waals surface area contributed by atoms with E-state index in [9.17, 15) is 20.0 Å². The molecule has 2 unspecified atom stereocenters. The summed E-state index contributed by atoms with van der Waals surface area (Å²) in [4.78, 5) is 30.4. The lowest BCUT2D eigenvalue weighted by Gasteiger charge is -2.37. The molecule has 0 radical (unpaired) electrons. The Bertz CT molecular complexity index is 789. The van der Waals surface area contributed by atoms with Crippen LogP contribution in [0, 0.1) is 10.1 Å². The van der Waals surface area contributed by atoms with Gasteiger partial charge in [0.05, 0.1) is 0 Å². The van der Waals surface area contributed by atoms with Crippen LogP contribution < -0.4 is 9.64 Å². The first kappa shape index (κ1) is 19.6. The van der Waals surface area contributed by atoms with Gasteiger partial charge in [0.2, 0.25) is 0 Å². The molecule has 0 spiro atoms. The van der Waals surface area contributed by atoms with Crippen molar-refractivity contribution in [3.63, 3.8) is 0 Å². The molecule has 28 heavy (non-hydrogen) atoms. The third-order valence-corrected chi connectivity index (χ3v) is 4.71. The minimum absolute atomic E-state index is 0.157. The van der Waals surface area contributed by atoms with E-state index < -0.39 is 18.2 Å². The highest BCUT2D eigenvalue weighted by Gasteiger charge is 2.36. The van der Waals surface area contributed by atoms with Crippen LogP contribution in [-0.4, -0.2) is 64.3 Å². The first-order valence-electron chi connectivity index (χ1n) is 9.01. The van der Waals surface area contributed by atoms with Gasteiger partial charge in [0.15, 0.2) is 6.10 Å². The molecular weight excluding hydrogens is 364 g/mol. The summed E-state index contributed by atoms with van der Waals surface area (Å²) < 4.78 is 5.54. The number of nitrogens with zero attached hydrogens (tertiary/aromatic N) is 4. The molecule has 0 bridgehead atoms. The van der Waals surface area contributed by atoms with Crippen molar-refractivity contribution in [3.05, 3.63) is 65.0 Å². The number of hydrogen-bond acceptors (Lipinski definition) is 7. The number of ether oxygens (including phenoxy) is 1. The molecule has 1 aliphatic rings. The van der Waals surface area contributed by atoms with Gasteiger partial charge in [-0.1, -0.05) is 18.2 Å². The zero-order chi connectivity index (χ0) is 19.9. The standard InChI is InChI=1S/C19H22N4O5/c24-19(25)17(28-16-4-2-1-3-5-16)8-11-21-12-13-22(14-18(21)23(26)27)15-6-9-20-10-7-15/h1-7,9-10,17-18H,8,11-14H2,(H,24,25). The largest absolute Gasteiger partial charge is 0.479 e. The molecule has 0 aliphatic carbocycles. The van der Waals surface area contributed by atoms with Crippen LogP contribution in [0.15, 0.2) is 54.9 Å². The minimum atomic E-state index is -1.09. The Morgan fingerprint density at radius 2 is 1.96 bits per heavy atom. The van der Waals surface area contributed by atoms with Crippen LogP contribution in [0.25, 0.3) is 0 Å². The second-order valence-electron chi connectivity index (χ2n) is 6.50. The molecule has 1 aliphatic heterocycles. The van der Waals surface area contributed by atoms with Gasteiger partial charge in [-0.15, -0.1) is 0 Å². The Balaban J connectivity index is 1.62. The van der Waals surface area contributed by atoms with E-state index in [0.29, 0.717) is 18.8 Å². The number of carbonyl (C=O) groups is 1. The van der Waals surface area contributed by atoms with Gasteiger partial charge in [0, 0.05) is 49.1 Å². The van der Waals surface area contributed by atoms with Gasteiger partial charge in [0.25, 0.3) is 6.17 Å². The Morgan fingerprint density at radius 1 is 1.25 bits per heavy atom. The topological polar surface area (TPSA) is 109 Å². The van der Waals surface area contributed by atoms with E-state index in [1.807, 2.05) is 23.1 Å². The Hall–Kier alpha value is -3.20. The summed E-state index contributed by atoms with van der Waals surface area (Å²) in [5.41, 5.74) is 0.886. The van der Waals surface area contributed by atoms with Gasteiger partial charge in [-0.3, -0.25) is 15.1 Å². The number of nitro groups is 1. The number of carboxylic acid groups (broad SMARTS) is 1. The van der Waals surface area contributed by atoms with Crippen LogP contribution in [0.2, 0.25) is 0 Å². The highest BCUT2D eigenvalue weighted by Crippen LogP contribution is 2.20. The average molecular weight is 386 g/mol. The molecule has 0 saturated carbocycles. The highest BCUT2D eigenvalue weighted by molar-refractivity contribution is 5.72. The summed E-state index contributed by atoms with van der Waals surface area (Å²) in [6.45, 7) is 1.57. The Morgan fingerprint density at radius 3 is 2.61 bits per heavy atom. The number of benzene rings is 1.